The van der Waals surface area contributed by atoms with E-state index in [1.54, 1.807) is 12.1 Å². The molecule has 0 amide bonds. The predicted molar refractivity (Wildman–Crippen MR) is 61.3 cm³/mol. The Hall–Kier alpha value is -2.01. The zero-order valence-electron chi connectivity index (χ0n) is 8.92. The molecule has 5 nitrogen and oxygen atoms in total. The summed E-state index contributed by atoms with van der Waals surface area (Å²) in [6.07, 6.45) is 4.34. The summed E-state index contributed by atoms with van der Waals surface area (Å²) < 4.78 is 4.96. The smallest absolute Gasteiger partial charge is 0.243 e. The highest BCUT2D eigenvalue weighted by molar-refractivity contribution is 6.34. The highest BCUT2D eigenvalue weighted by Crippen LogP contribution is 2.19. The summed E-state index contributed by atoms with van der Waals surface area (Å²) in [4.78, 5) is 23.9. The lowest BCUT2D eigenvalue weighted by Gasteiger charge is -2.05. The predicted octanol–water partition coefficient (Wildman–Crippen LogP) is 1.76. The Labute approximate surface area is 102 Å². The molecule has 6 heteroatoms. The maximum atomic E-state index is 12.1. The molecule has 2 heterocycles. The number of hydrogen-bond donors (Lipinski definition) is 0. The molecule has 0 unspecified atom stereocenters. The summed E-state index contributed by atoms with van der Waals surface area (Å²) in [5.74, 6) is -0.264. The third-order valence-corrected chi connectivity index (χ3v) is 2.35. The topological polar surface area (TPSA) is 65.0 Å². The van der Waals surface area contributed by atoms with Crippen LogP contribution in [0.1, 0.15) is 16.2 Å². The Morgan fingerprint density at radius 2 is 1.88 bits per heavy atom. The van der Waals surface area contributed by atoms with Gasteiger partial charge in [-0.25, -0.2) is 9.97 Å². The van der Waals surface area contributed by atoms with Crippen LogP contribution in [-0.4, -0.2) is 27.8 Å². The zero-order chi connectivity index (χ0) is 12.3. The first-order chi connectivity index (χ1) is 8.24. The maximum Gasteiger partial charge on any atom is 0.243 e. The number of ketones is 1. The Bertz CT molecular complexity index is 560. The SMILES string of the molecule is COc1nccnc1C(=O)c1ncccc1Cl. The van der Waals surface area contributed by atoms with Gasteiger partial charge in [0.25, 0.3) is 0 Å². The standard InChI is InChI=1S/C11H8ClN3O2/c1-17-11-9(14-5-6-15-11)10(16)8-7(12)3-2-4-13-8/h2-6H,1H3. The number of carbonyl (C=O) groups excluding carboxylic acids is 1. The van der Waals surface area contributed by atoms with Gasteiger partial charge in [0.15, 0.2) is 5.69 Å². The molecular weight excluding hydrogens is 242 g/mol. The van der Waals surface area contributed by atoms with Gasteiger partial charge in [-0.3, -0.25) is 9.78 Å². The van der Waals surface area contributed by atoms with E-state index in [1.165, 1.54) is 25.7 Å². The third kappa shape index (κ3) is 2.24. The van der Waals surface area contributed by atoms with Gasteiger partial charge in [-0.15, -0.1) is 0 Å². The number of ether oxygens (including phenoxy) is 1. The van der Waals surface area contributed by atoms with Crippen molar-refractivity contribution in [1.29, 1.82) is 0 Å². The molecule has 2 aromatic heterocycles. The lowest BCUT2D eigenvalue weighted by atomic mass is 10.2. The van der Waals surface area contributed by atoms with Gasteiger partial charge in [-0.2, -0.15) is 0 Å². The third-order valence-electron chi connectivity index (χ3n) is 2.05. The molecule has 2 rings (SSSR count). The van der Waals surface area contributed by atoms with Crippen LogP contribution in [0.15, 0.2) is 30.7 Å². The lowest BCUT2D eigenvalue weighted by Crippen LogP contribution is -2.09. The van der Waals surface area contributed by atoms with E-state index >= 15 is 0 Å². The van der Waals surface area contributed by atoms with Crippen LogP contribution in [0.3, 0.4) is 0 Å². The second kappa shape index (κ2) is 4.88. The van der Waals surface area contributed by atoms with Crippen LogP contribution >= 0.6 is 11.6 Å². The van der Waals surface area contributed by atoms with Gasteiger partial charge in [0.2, 0.25) is 11.7 Å². The molecule has 0 aliphatic carbocycles. The van der Waals surface area contributed by atoms with E-state index in [4.69, 9.17) is 16.3 Å². The minimum atomic E-state index is -0.416. The van der Waals surface area contributed by atoms with Gasteiger partial charge in [0.05, 0.1) is 12.1 Å². The zero-order valence-corrected chi connectivity index (χ0v) is 9.68. The van der Waals surface area contributed by atoms with Crippen molar-refractivity contribution < 1.29 is 9.53 Å². The molecule has 0 spiro atoms. The van der Waals surface area contributed by atoms with Crippen molar-refractivity contribution in [3.8, 4) is 5.88 Å². The number of methoxy groups -OCH3 is 1. The summed E-state index contributed by atoms with van der Waals surface area (Å²) in [6.45, 7) is 0. The van der Waals surface area contributed by atoms with Crippen molar-refractivity contribution in [2.24, 2.45) is 0 Å². The molecule has 86 valence electrons. The van der Waals surface area contributed by atoms with Crippen LogP contribution in [-0.2, 0) is 0 Å². The van der Waals surface area contributed by atoms with Gasteiger partial charge in [0, 0.05) is 18.6 Å². The Morgan fingerprint density at radius 3 is 2.59 bits per heavy atom. The summed E-state index contributed by atoms with van der Waals surface area (Å²) in [5, 5.41) is 0.269. The van der Waals surface area contributed by atoms with Gasteiger partial charge in [-0.05, 0) is 12.1 Å². The average molecular weight is 250 g/mol. The van der Waals surface area contributed by atoms with Crippen LogP contribution in [0, 0.1) is 0 Å². The van der Waals surface area contributed by atoms with Crippen molar-refractivity contribution in [3.05, 3.63) is 47.1 Å². The number of nitrogens with zero attached hydrogens (tertiary/aromatic N) is 3. The molecule has 0 saturated heterocycles. The maximum absolute atomic E-state index is 12.1. The molecule has 0 radical (unpaired) electrons. The number of rotatable bonds is 3. The number of carbonyl (C=O) groups is 1. The van der Waals surface area contributed by atoms with E-state index in [0.29, 0.717) is 0 Å². The molecule has 0 aliphatic rings. The van der Waals surface area contributed by atoms with Gasteiger partial charge < -0.3 is 4.74 Å². The molecular formula is C11H8ClN3O2. The van der Waals surface area contributed by atoms with Crippen LogP contribution in [0.25, 0.3) is 0 Å². The quantitative estimate of drug-likeness (QED) is 0.776. The number of pyridine rings is 1. The normalized spacial score (nSPS) is 10.0. The first-order valence-corrected chi connectivity index (χ1v) is 5.12. The van der Waals surface area contributed by atoms with Crippen LogP contribution in [0.4, 0.5) is 0 Å². The van der Waals surface area contributed by atoms with Crippen molar-refractivity contribution in [2.45, 2.75) is 0 Å². The highest BCUT2D eigenvalue weighted by Gasteiger charge is 2.20. The first kappa shape index (κ1) is 11.5. The molecule has 0 aromatic carbocycles. The monoisotopic (exact) mass is 249 g/mol. The van der Waals surface area contributed by atoms with Gasteiger partial charge in [-0.1, -0.05) is 11.6 Å². The molecule has 0 bridgehead atoms. The second-order valence-corrected chi connectivity index (χ2v) is 3.48. The van der Waals surface area contributed by atoms with E-state index in [1.807, 2.05) is 0 Å². The lowest BCUT2D eigenvalue weighted by molar-refractivity contribution is 0.102. The molecule has 2 aromatic rings. The summed E-state index contributed by atoms with van der Waals surface area (Å²) >= 11 is 5.89. The highest BCUT2D eigenvalue weighted by atomic mass is 35.5. The molecule has 0 fully saturated rings. The van der Waals surface area contributed by atoms with Crippen molar-refractivity contribution in [1.82, 2.24) is 15.0 Å². The van der Waals surface area contributed by atoms with E-state index < -0.39 is 5.78 Å². The second-order valence-electron chi connectivity index (χ2n) is 3.08. The molecule has 0 atom stereocenters. The van der Waals surface area contributed by atoms with E-state index in [9.17, 15) is 4.79 Å². The summed E-state index contributed by atoms with van der Waals surface area (Å²) in [5.41, 5.74) is 0.226. The fourth-order valence-corrected chi connectivity index (χ4v) is 1.50. The van der Waals surface area contributed by atoms with E-state index in [2.05, 4.69) is 15.0 Å². The largest absolute Gasteiger partial charge is 0.479 e. The fraction of sp³-hybridized carbons (Fsp3) is 0.0909. The van der Waals surface area contributed by atoms with Crippen LogP contribution in [0.2, 0.25) is 5.02 Å². The van der Waals surface area contributed by atoms with Crippen LogP contribution in [0.5, 0.6) is 5.88 Å². The van der Waals surface area contributed by atoms with E-state index in [0.717, 1.165) is 0 Å². The van der Waals surface area contributed by atoms with Crippen molar-refractivity contribution in [2.75, 3.05) is 7.11 Å². The number of aromatic nitrogens is 3. The minimum Gasteiger partial charge on any atom is -0.479 e. The minimum absolute atomic E-state index is 0.0931. The molecule has 17 heavy (non-hydrogen) atoms. The Kier molecular flexibility index (Phi) is 3.30. The fourth-order valence-electron chi connectivity index (χ4n) is 1.30. The molecule has 0 aliphatic heterocycles. The van der Waals surface area contributed by atoms with Crippen molar-refractivity contribution >= 4 is 17.4 Å². The molecule has 0 N–H and O–H groups in total. The van der Waals surface area contributed by atoms with Crippen LogP contribution < -0.4 is 4.74 Å². The van der Waals surface area contributed by atoms with E-state index in [-0.39, 0.29) is 22.3 Å². The summed E-state index contributed by atoms with van der Waals surface area (Å²) in [6, 6.07) is 3.23. The average Bonchev–Trinajstić information content (AvgIpc) is 2.38. The summed E-state index contributed by atoms with van der Waals surface area (Å²) in [7, 11) is 1.42. The van der Waals surface area contributed by atoms with Gasteiger partial charge >= 0.3 is 0 Å². The molecule has 0 saturated carbocycles. The number of halogens is 1. The van der Waals surface area contributed by atoms with Crippen molar-refractivity contribution in [3.63, 3.8) is 0 Å². The Balaban J connectivity index is 2.48. The Morgan fingerprint density at radius 1 is 1.18 bits per heavy atom. The first-order valence-electron chi connectivity index (χ1n) is 4.74. The number of hydrogen-bond acceptors (Lipinski definition) is 5. The van der Waals surface area contributed by atoms with Gasteiger partial charge in [0.1, 0.15) is 5.69 Å².